The Morgan fingerprint density at radius 2 is 2.25 bits per heavy atom. The molecule has 1 aromatic carbocycles. The van der Waals surface area contributed by atoms with Crippen molar-refractivity contribution >= 4 is 23.2 Å². The molecule has 1 saturated heterocycles. The van der Waals surface area contributed by atoms with Gasteiger partial charge in [0.2, 0.25) is 11.8 Å². The fraction of sp³-hybridized carbons (Fsp3) is 0.429. The summed E-state index contributed by atoms with van der Waals surface area (Å²) in [5.74, 6) is -0.505. The standard InChI is InChI=1S/C14H18FN3O2/c15-11-6-5-10(9-12(11)16)17-13(19)3-1-7-18-8-2-4-14(18)20/h5-6,9H,1-4,7-8,16H2,(H,17,19). The molecular formula is C14H18FN3O2. The molecular weight excluding hydrogens is 261 g/mol. The Kier molecular flexibility index (Phi) is 4.55. The summed E-state index contributed by atoms with van der Waals surface area (Å²) in [4.78, 5) is 24.9. The summed E-state index contributed by atoms with van der Waals surface area (Å²) < 4.78 is 13.0. The Balaban J connectivity index is 1.75. The fourth-order valence-corrected chi connectivity index (χ4v) is 2.22. The Morgan fingerprint density at radius 1 is 1.45 bits per heavy atom. The molecule has 0 saturated carbocycles. The highest BCUT2D eigenvalue weighted by Crippen LogP contribution is 2.17. The van der Waals surface area contributed by atoms with Gasteiger partial charge in [-0.05, 0) is 31.0 Å². The van der Waals surface area contributed by atoms with E-state index >= 15 is 0 Å². The molecule has 2 rings (SSSR count). The number of carbonyl (C=O) groups is 2. The third-order valence-electron chi connectivity index (χ3n) is 3.28. The van der Waals surface area contributed by atoms with Crippen molar-refractivity contribution in [1.82, 2.24) is 4.90 Å². The lowest BCUT2D eigenvalue weighted by Gasteiger charge is -2.14. The molecule has 6 heteroatoms. The van der Waals surface area contributed by atoms with Crippen LogP contribution in [0.2, 0.25) is 0 Å². The van der Waals surface area contributed by atoms with Crippen LogP contribution < -0.4 is 11.1 Å². The van der Waals surface area contributed by atoms with Gasteiger partial charge < -0.3 is 16.0 Å². The normalized spacial score (nSPS) is 14.7. The lowest BCUT2D eigenvalue weighted by Crippen LogP contribution is -2.26. The van der Waals surface area contributed by atoms with Crippen LogP contribution in [0.15, 0.2) is 18.2 Å². The molecule has 108 valence electrons. The third-order valence-corrected chi connectivity index (χ3v) is 3.28. The molecule has 2 amide bonds. The van der Waals surface area contributed by atoms with Crippen molar-refractivity contribution in [2.75, 3.05) is 24.1 Å². The maximum atomic E-state index is 13.0. The van der Waals surface area contributed by atoms with E-state index in [1.165, 1.54) is 18.2 Å². The van der Waals surface area contributed by atoms with E-state index < -0.39 is 5.82 Å². The predicted octanol–water partition coefficient (Wildman–Crippen LogP) is 1.75. The summed E-state index contributed by atoms with van der Waals surface area (Å²) in [6.45, 7) is 1.40. The number of nitrogen functional groups attached to an aromatic ring is 1. The average Bonchev–Trinajstić information content (AvgIpc) is 2.80. The van der Waals surface area contributed by atoms with Crippen LogP contribution in [0.1, 0.15) is 25.7 Å². The van der Waals surface area contributed by atoms with Crippen LogP contribution in [-0.2, 0) is 9.59 Å². The van der Waals surface area contributed by atoms with E-state index in [1.54, 1.807) is 4.90 Å². The topological polar surface area (TPSA) is 75.4 Å². The second kappa shape index (κ2) is 6.36. The van der Waals surface area contributed by atoms with Gasteiger partial charge in [0.05, 0.1) is 5.69 Å². The number of anilines is 2. The summed E-state index contributed by atoms with van der Waals surface area (Å²) in [5, 5.41) is 2.66. The van der Waals surface area contributed by atoms with Gasteiger partial charge >= 0.3 is 0 Å². The van der Waals surface area contributed by atoms with E-state index in [4.69, 9.17) is 5.73 Å². The number of nitrogens with two attached hydrogens (primary N) is 1. The molecule has 0 aromatic heterocycles. The van der Waals surface area contributed by atoms with E-state index in [0.717, 1.165) is 13.0 Å². The number of hydrogen-bond donors (Lipinski definition) is 2. The highest BCUT2D eigenvalue weighted by atomic mass is 19.1. The Labute approximate surface area is 116 Å². The molecule has 1 aromatic rings. The van der Waals surface area contributed by atoms with Crippen molar-refractivity contribution in [2.45, 2.75) is 25.7 Å². The van der Waals surface area contributed by atoms with Crippen LogP contribution >= 0.6 is 0 Å². The number of amides is 2. The van der Waals surface area contributed by atoms with Crippen LogP contribution in [0.5, 0.6) is 0 Å². The van der Waals surface area contributed by atoms with Gasteiger partial charge in [-0.3, -0.25) is 9.59 Å². The van der Waals surface area contributed by atoms with E-state index in [9.17, 15) is 14.0 Å². The second-order valence-electron chi connectivity index (χ2n) is 4.87. The molecule has 3 N–H and O–H groups in total. The SMILES string of the molecule is Nc1cc(NC(=O)CCCN2CCCC2=O)ccc1F. The number of nitrogens with one attached hydrogen (secondary N) is 1. The zero-order valence-corrected chi connectivity index (χ0v) is 11.2. The highest BCUT2D eigenvalue weighted by molar-refractivity contribution is 5.91. The number of nitrogens with zero attached hydrogens (tertiary/aromatic N) is 1. The van der Waals surface area contributed by atoms with Crippen molar-refractivity contribution in [3.63, 3.8) is 0 Å². The number of halogens is 1. The van der Waals surface area contributed by atoms with E-state index in [1.807, 2.05) is 0 Å². The van der Waals surface area contributed by atoms with Crippen LogP contribution in [0.3, 0.4) is 0 Å². The molecule has 5 nitrogen and oxygen atoms in total. The largest absolute Gasteiger partial charge is 0.396 e. The first-order valence-corrected chi connectivity index (χ1v) is 6.69. The minimum atomic E-state index is -0.504. The Hall–Kier alpha value is -2.11. The Bertz CT molecular complexity index is 519. The molecule has 0 bridgehead atoms. The monoisotopic (exact) mass is 279 g/mol. The van der Waals surface area contributed by atoms with E-state index in [0.29, 0.717) is 31.5 Å². The summed E-state index contributed by atoms with van der Waals surface area (Å²) in [6.07, 6.45) is 2.45. The van der Waals surface area contributed by atoms with Gasteiger partial charge in [0.25, 0.3) is 0 Å². The number of benzene rings is 1. The molecule has 20 heavy (non-hydrogen) atoms. The van der Waals surface area contributed by atoms with Crippen LogP contribution in [0.25, 0.3) is 0 Å². The molecule has 0 unspecified atom stereocenters. The third kappa shape index (κ3) is 3.69. The maximum Gasteiger partial charge on any atom is 0.224 e. The maximum absolute atomic E-state index is 13.0. The molecule has 0 atom stereocenters. The van der Waals surface area contributed by atoms with Gasteiger partial charge in [0, 0.05) is 31.6 Å². The molecule has 1 heterocycles. The highest BCUT2D eigenvalue weighted by Gasteiger charge is 2.19. The van der Waals surface area contributed by atoms with Crippen molar-refractivity contribution < 1.29 is 14.0 Å². The van der Waals surface area contributed by atoms with Gasteiger partial charge in [-0.1, -0.05) is 0 Å². The van der Waals surface area contributed by atoms with Gasteiger partial charge in [-0.25, -0.2) is 4.39 Å². The quantitative estimate of drug-likeness (QED) is 0.806. The van der Waals surface area contributed by atoms with Crippen LogP contribution in [-0.4, -0.2) is 29.8 Å². The van der Waals surface area contributed by atoms with Crippen molar-refractivity contribution in [3.8, 4) is 0 Å². The number of likely N-dealkylation sites (tertiary alicyclic amines) is 1. The van der Waals surface area contributed by atoms with E-state index in [2.05, 4.69) is 5.32 Å². The number of rotatable bonds is 5. The van der Waals surface area contributed by atoms with Crippen molar-refractivity contribution in [3.05, 3.63) is 24.0 Å². The van der Waals surface area contributed by atoms with Gasteiger partial charge in [0.1, 0.15) is 5.82 Å². The minimum Gasteiger partial charge on any atom is -0.396 e. The summed E-state index contributed by atoms with van der Waals surface area (Å²) in [7, 11) is 0. The lowest BCUT2D eigenvalue weighted by molar-refractivity contribution is -0.128. The zero-order chi connectivity index (χ0) is 14.5. The van der Waals surface area contributed by atoms with Gasteiger partial charge in [-0.15, -0.1) is 0 Å². The smallest absolute Gasteiger partial charge is 0.224 e. The molecule has 1 aliphatic rings. The number of hydrogen-bond acceptors (Lipinski definition) is 3. The lowest BCUT2D eigenvalue weighted by atomic mass is 10.2. The predicted molar refractivity (Wildman–Crippen MR) is 74.5 cm³/mol. The van der Waals surface area contributed by atoms with Crippen LogP contribution in [0.4, 0.5) is 15.8 Å². The first kappa shape index (κ1) is 14.3. The molecule has 0 spiro atoms. The Morgan fingerprint density at radius 3 is 2.90 bits per heavy atom. The van der Waals surface area contributed by atoms with Crippen molar-refractivity contribution in [2.24, 2.45) is 0 Å². The first-order valence-electron chi connectivity index (χ1n) is 6.69. The molecule has 1 fully saturated rings. The molecule has 0 radical (unpaired) electrons. The number of carbonyl (C=O) groups excluding carboxylic acids is 2. The van der Waals surface area contributed by atoms with Gasteiger partial charge in [-0.2, -0.15) is 0 Å². The molecule has 0 aliphatic carbocycles. The minimum absolute atomic E-state index is 0.00506. The molecule has 1 aliphatic heterocycles. The summed E-state index contributed by atoms with van der Waals surface area (Å²) in [5.41, 5.74) is 5.91. The first-order chi connectivity index (χ1) is 9.56. The van der Waals surface area contributed by atoms with Crippen LogP contribution in [0, 0.1) is 5.82 Å². The van der Waals surface area contributed by atoms with E-state index in [-0.39, 0.29) is 17.5 Å². The fourth-order valence-electron chi connectivity index (χ4n) is 2.22. The van der Waals surface area contributed by atoms with Crippen molar-refractivity contribution in [1.29, 1.82) is 0 Å². The summed E-state index contributed by atoms with van der Waals surface area (Å²) >= 11 is 0. The van der Waals surface area contributed by atoms with Gasteiger partial charge in [0.15, 0.2) is 0 Å². The average molecular weight is 279 g/mol. The second-order valence-corrected chi connectivity index (χ2v) is 4.87. The summed E-state index contributed by atoms with van der Waals surface area (Å²) in [6, 6.07) is 4.07. The zero-order valence-electron chi connectivity index (χ0n) is 11.2.